The fraction of sp³-hybridized carbons (Fsp3) is 0.310. The van der Waals surface area contributed by atoms with Crippen LogP contribution in [0.4, 0.5) is 18.9 Å². The van der Waals surface area contributed by atoms with E-state index in [0.29, 0.717) is 28.9 Å². The van der Waals surface area contributed by atoms with Gasteiger partial charge in [-0.05, 0) is 47.9 Å². The van der Waals surface area contributed by atoms with Crippen LogP contribution in [0, 0.1) is 0 Å². The smallest absolute Gasteiger partial charge is 0.354 e. The predicted octanol–water partition coefficient (Wildman–Crippen LogP) is 6.05. The minimum absolute atomic E-state index is 0.0801. The van der Waals surface area contributed by atoms with Crippen LogP contribution >= 0.6 is 27.5 Å². The van der Waals surface area contributed by atoms with Gasteiger partial charge in [0, 0.05) is 24.0 Å². The van der Waals surface area contributed by atoms with Crippen molar-refractivity contribution in [3.63, 3.8) is 0 Å². The number of hydrogen-bond donors (Lipinski definition) is 1. The molecule has 0 saturated carbocycles. The fourth-order valence-corrected chi connectivity index (χ4v) is 5.80. The lowest BCUT2D eigenvalue weighted by molar-refractivity contribution is -0.140. The van der Waals surface area contributed by atoms with Crippen LogP contribution in [-0.4, -0.2) is 50.5 Å². The molecule has 7 nitrogen and oxygen atoms in total. The molecule has 0 unspecified atom stereocenters. The number of amides is 2. The van der Waals surface area contributed by atoms with Crippen molar-refractivity contribution in [3.8, 4) is 0 Å². The third-order valence-electron chi connectivity index (χ3n) is 6.28. The summed E-state index contributed by atoms with van der Waals surface area (Å²) in [5.41, 5.74) is -0.237. The Morgan fingerprint density at radius 1 is 1.00 bits per heavy atom. The monoisotopic (exact) mass is 687 g/mol. The second-order valence-corrected chi connectivity index (χ2v) is 12.8. The first-order valence-electron chi connectivity index (χ1n) is 12.9. The van der Waals surface area contributed by atoms with Crippen LogP contribution in [0.1, 0.15) is 30.0 Å². The molecule has 0 radical (unpaired) electrons. The summed E-state index contributed by atoms with van der Waals surface area (Å²) < 4.78 is 67.5. The predicted molar refractivity (Wildman–Crippen MR) is 161 cm³/mol. The molecule has 3 rings (SSSR count). The average Bonchev–Trinajstić information content (AvgIpc) is 2.92. The van der Waals surface area contributed by atoms with Gasteiger partial charge in [0.25, 0.3) is 0 Å². The molecule has 0 heterocycles. The highest BCUT2D eigenvalue weighted by Crippen LogP contribution is 2.36. The Bertz CT molecular complexity index is 1510. The first-order valence-corrected chi connectivity index (χ1v) is 15.9. The van der Waals surface area contributed by atoms with Gasteiger partial charge in [-0.15, -0.1) is 0 Å². The normalized spacial score (nSPS) is 12.5. The molecule has 226 valence electrons. The number of hydrogen-bond acceptors (Lipinski definition) is 4. The van der Waals surface area contributed by atoms with Crippen LogP contribution in [0.25, 0.3) is 0 Å². The minimum atomic E-state index is -4.78. The average molecular weight is 689 g/mol. The molecule has 0 aromatic heterocycles. The Hall–Kier alpha value is -3.09. The maximum Gasteiger partial charge on any atom is 0.416 e. The number of nitrogens with zero attached hydrogens (tertiary/aromatic N) is 2. The van der Waals surface area contributed by atoms with Gasteiger partial charge in [0.05, 0.1) is 22.5 Å². The van der Waals surface area contributed by atoms with E-state index in [9.17, 15) is 31.2 Å². The van der Waals surface area contributed by atoms with Gasteiger partial charge >= 0.3 is 6.18 Å². The molecule has 42 heavy (non-hydrogen) atoms. The molecular formula is C29H30BrClF3N3O4S. The molecular weight excluding hydrogens is 659 g/mol. The zero-order valence-electron chi connectivity index (χ0n) is 22.9. The largest absolute Gasteiger partial charge is 0.416 e. The summed E-state index contributed by atoms with van der Waals surface area (Å²) in [6.45, 7) is 1.25. The molecule has 1 N–H and O–H groups in total. The van der Waals surface area contributed by atoms with Crippen LogP contribution in [-0.2, 0) is 38.8 Å². The summed E-state index contributed by atoms with van der Waals surface area (Å²) in [7, 11) is -4.30. The summed E-state index contributed by atoms with van der Waals surface area (Å²) in [5.74, 6) is -1.26. The third kappa shape index (κ3) is 9.20. The third-order valence-corrected chi connectivity index (χ3v) is 8.22. The first-order chi connectivity index (χ1) is 19.7. The first kappa shape index (κ1) is 33.4. The Morgan fingerprint density at radius 3 is 2.26 bits per heavy atom. The van der Waals surface area contributed by atoms with E-state index in [2.05, 4.69) is 21.2 Å². The second-order valence-electron chi connectivity index (χ2n) is 9.58. The molecule has 0 saturated heterocycles. The Kier molecular flexibility index (Phi) is 11.4. The Balaban J connectivity index is 2.10. The van der Waals surface area contributed by atoms with E-state index in [1.54, 1.807) is 48.5 Å². The minimum Gasteiger partial charge on any atom is -0.354 e. The highest BCUT2D eigenvalue weighted by atomic mass is 79.9. The number of halogens is 5. The fourth-order valence-electron chi connectivity index (χ4n) is 4.23. The van der Waals surface area contributed by atoms with Crippen LogP contribution in [0.5, 0.6) is 0 Å². The van der Waals surface area contributed by atoms with E-state index in [1.807, 2.05) is 13.0 Å². The second kappa shape index (κ2) is 14.4. The molecule has 0 fully saturated rings. The Morgan fingerprint density at radius 2 is 1.67 bits per heavy atom. The molecule has 0 aliphatic carbocycles. The van der Waals surface area contributed by atoms with Crippen LogP contribution in [0.15, 0.2) is 77.3 Å². The molecule has 0 aliphatic rings. The van der Waals surface area contributed by atoms with E-state index in [-0.39, 0.29) is 18.0 Å². The molecule has 3 aromatic carbocycles. The van der Waals surface area contributed by atoms with Crippen molar-refractivity contribution in [2.45, 2.75) is 38.5 Å². The van der Waals surface area contributed by atoms with E-state index in [0.717, 1.165) is 28.4 Å². The summed E-state index contributed by atoms with van der Waals surface area (Å²) in [4.78, 5) is 28.8. The summed E-state index contributed by atoms with van der Waals surface area (Å²) in [6.07, 6.45) is -3.26. The molecule has 0 spiro atoms. The van der Waals surface area contributed by atoms with Gasteiger partial charge < -0.3 is 10.2 Å². The van der Waals surface area contributed by atoms with Crippen LogP contribution in [0.3, 0.4) is 0 Å². The lowest BCUT2D eigenvalue weighted by Crippen LogP contribution is -2.53. The molecule has 0 aliphatic heterocycles. The van der Waals surface area contributed by atoms with Gasteiger partial charge in [-0.3, -0.25) is 13.9 Å². The number of carbonyl (C=O) groups is 2. The summed E-state index contributed by atoms with van der Waals surface area (Å²) in [5, 5.41) is 2.52. The molecule has 13 heteroatoms. The van der Waals surface area contributed by atoms with Crippen molar-refractivity contribution in [2.75, 3.05) is 23.7 Å². The zero-order chi connectivity index (χ0) is 31.1. The number of rotatable bonds is 12. The van der Waals surface area contributed by atoms with Gasteiger partial charge in [0.2, 0.25) is 21.8 Å². The number of alkyl halides is 3. The molecule has 2 amide bonds. The van der Waals surface area contributed by atoms with E-state index in [4.69, 9.17) is 11.6 Å². The van der Waals surface area contributed by atoms with Crippen molar-refractivity contribution >= 4 is 55.1 Å². The van der Waals surface area contributed by atoms with Crippen LogP contribution in [0.2, 0.25) is 5.02 Å². The lowest BCUT2D eigenvalue weighted by Gasteiger charge is -2.33. The van der Waals surface area contributed by atoms with Crippen molar-refractivity contribution in [1.82, 2.24) is 10.2 Å². The lowest BCUT2D eigenvalue weighted by atomic mass is 10.0. The quantitative estimate of drug-likeness (QED) is 0.251. The molecule has 3 aromatic rings. The maximum atomic E-state index is 14.0. The number of sulfonamides is 1. The van der Waals surface area contributed by atoms with Gasteiger partial charge in [0.15, 0.2) is 0 Å². The standard InChI is InChI=1S/C29H30BrClF3N3O4S/c1-3-14-35-28(39)26(16-20-8-5-4-6-9-20)36(18-21-10-7-11-23(30)15-21)27(38)19-37(42(2,40)41)25-17-22(29(32,33)34)12-13-24(25)31/h4-13,15,17,26H,3,14,16,18-19H2,1-2H3,(H,35,39)/t26-/m1/s1. The highest BCUT2D eigenvalue weighted by Gasteiger charge is 2.35. The van der Waals surface area contributed by atoms with Crippen molar-refractivity contribution in [1.29, 1.82) is 0 Å². The van der Waals surface area contributed by atoms with E-state index >= 15 is 0 Å². The summed E-state index contributed by atoms with van der Waals surface area (Å²) in [6, 6.07) is 17.2. The SMILES string of the molecule is CCCNC(=O)[C@@H](Cc1ccccc1)N(Cc1cccc(Br)c1)C(=O)CN(c1cc(C(F)(F)F)ccc1Cl)S(C)(=O)=O. The Labute approximate surface area is 256 Å². The van der Waals surface area contributed by atoms with Gasteiger partial charge in [0.1, 0.15) is 12.6 Å². The van der Waals surface area contributed by atoms with E-state index < -0.39 is 51.9 Å². The van der Waals surface area contributed by atoms with E-state index in [1.165, 1.54) is 4.90 Å². The molecule has 0 bridgehead atoms. The van der Waals surface area contributed by atoms with Crippen LogP contribution < -0.4 is 9.62 Å². The number of benzene rings is 3. The van der Waals surface area contributed by atoms with Gasteiger partial charge in [-0.2, -0.15) is 13.2 Å². The topological polar surface area (TPSA) is 86.8 Å². The highest BCUT2D eigenvalue weighted by molar-refractivity contribution is 9.10. The maximum absolute atomic E-state index is 14.0. The van der Waals surface area contributed by atoms with Crippen molar-refractivity contribution in [3.05, 3.63) is 99.0 Å². The van der Waals surface area contributed by atoms with Gasteiger partial charge in [-0.25, -0.2) is 8.42 Å². The number of carbonyl (C=O) groups excluding carboxylic acids is 2. The van der Waals surface area contributed by atoms with Crippen molar-refractivity contribution < 1.29 is 31.2 Å². The zero-order valence-corrected chi connectivity index (χ0v) is 26.0. The summed E-state index contributed by atoms with van der Waals surface area (Å²) >= 11 is 9.56. The van der Waals surface area contributed by atoms with Crippen molar-refractivity contribution in [2.24, 2.45) is 0 Å². The van der Waals surface area contributed by atoms with Gasteiger partial charge in [-0.1, -0.05) is 76.9 Å². The number of anilines is 1. The number of nitrogens with one attached hydrogen (secondary N) is 1. The molecule has 1 atom stereocenters.